The van der Waals surface area contributed by atoms with Crippen LogP contribution in [0, 0.1) is 23.0 Å². The van der Waals surface area contributed by atoms with Crippen molar-refractivity contribution in [2.45, 2.75) is 51.6 Å². The minimum Gasteiger partial charge on any atom is -0.593 e. The number of phenolic OH excluding ortho intramolecular Hbond substituents is 1. The number of phenols is 1. The highest BCUT2D eigenvalue weighted by atomic mass is 35.5. The number of amides is 2. The number of carbonyl (C=O) groups excluding carboxylic acids is 2. The summed E-state index contributed by atoms with van der Waals surface area (Å²) in [6.07, 6.45) is -3.05. The first-order valence-corrected chi connectivity index (χ1v) is 19.1. The van der Waals surface area contributed by atoms with Gasteiger partial charge in [-0.25, -0.2) is 22.5 Å². The predicted molar refractivity (Wildman–Crippen MR) is 202 cm³/mol. The first kappa shape index (κ1) is 42.0. The average molecular weight is 851 g/mol. The molecule has 2 aromatic heterocycles. The summed E-state index contributed by atoms with van der Waals surface area (Å²) in [5.41, 5.74) is -3.67. The predicted octanol–water partition coefficient (Wildman–Crippen LogP) is 6.05. The Bertz CT molecular complexity index is 2530. The van der Waals surface area contributed by atoms with Crippen molar-refractivity contribution in [3.63, 3.8) is 0 Å². The van der Waals surface area contributed by atoms with Crippen LogP contribution in [-0.2, 0) is 46.3 Å². The standard InChI is InChI=1S/C37H33ClF6N8O5S/c1-16-9-23-30(33(41)42)49-50(32(23)37(16,43)44)15-28(55)47-26(12-18-10-19(39)13-20(40)11-18)35-48-25-14-21(54)5-6-22(25)36(56)51(35)27-8-7-24(38)29(31(27)46-3)34(45)52(17(2)53)58(4)57/h5-8,10-11,13-14,16,26,33,45-46,54H,9,12,15H2,1-4H3,(H,47,55). The smallest absolute Gasteiger partial charge is 0.292 e. The Morgan fingerprint density at radius 2 is 1.83 bits per heavy atom. The van der Waals surface area contributed by atoms with Gasteiger partial charge in [0.25, 0.3) is 23.8 Å². The topological polar surface area (TPSA) is 181 Å². The van der Waals surface area contributed by atoms with Crippen molar-refractivity contribution in [3.8, 4) is 11.4 Å². The van der Waals surface area contributed by atoms with Crippen molar-refractivity contribution >= 4 is 57.2 Å². The molecule has 13 nitrogen and oxygen atoms in total. The molecular formula is C37H33ClF6N8O5S. The van der Waals surface area contributed by atoms with Crippen molar-refractivity contribution in [2.24, 2.45) is 5.92 Å². The Morgan fingerprint density at radius 3 is 2.43 bits per heavy atom. The van der Waals surface area contributed by atoms with Crippen LogP contribution in [0.25, 0.3) is 16.6 Å². The Balaban J connectivity index is 1.58. The summed E-state index contributed by atoms with van der Waals surface area (Å²) in [7, 11) is 1.38. The van der Waals surface area contributed by atoms with E-state index in [-0.39, 0.29) is 50.0 Å². The van der Waals surface area contributed by atoms with E-state index in [0.717, 1.165) is 35.9 Å². The number of fused-ring (bicyclic) bond motifs is 2. The zero-order valence-electron chi connectivity index (χ0n) is 30.8. The molecule has 4 N–H and O–H groups in total. The number of benzene rings is 3. The van der Waals surface area contributed by atoms with Crippen LogP contribution in [0.1, 0.15) is 60.2 Å². The molecule has 2 heterocycles. The van der Waals surface area contributed by atoms with Crippen molar-refractivity contribution in [3.05, 3.63) is 109 Å². The molecule has 58 heavy (non-hydrogen) atoms. The summed E-state index contributed by atoms with van der Waals surface area (Å²) in [5.74, 6) is -10.3. The van der Waals surface area contributed by atoms with E-state index in [2.05, 4.69) is 20.7 Å². The summed E-state index contributed by atoms with van der Waals surface area (Å²) in [4.78, 5) is 45.6. The largest absolute Gasteiger partial charge is 0.593 e. The minimum absolute atomic E-state index is 0.0881. The fourth-order valence-corrected chi connectivity index (χ4v) is 8.02. The molecule has 3 atom stereocenters. The molecule has 3 unspecified atom stereocenters. The fraction of sp³-hybridized carbons (Fsp3) is 0.297. The molecule has 6 rings (SSSR count). The van der Waals surface area contributed by atoms with Crippen LogP contribution < -0.4 is 16.2 Å². The van der Waals surface area contributed by atoms with E-state index < -0.39 is 107 Å². The average Bonchev–Trinajstić information content (AvgIpc) is 3.59. The van der Waals surface area contributed by atoms with Gasteiger partial charge in [-0.05, 0) is 48.4 Å². The fourth-order valence-electron chi connectivity index (χ4n) is 7.06. The van der Waals surface area contributed by atoms with E-state index >= 15 is 8.78 Å². The van der Waals surface area contributed by atoms with Crippen LogP contribution in [0.4, 0.5) is 32.0 Å². The van der Waals surface area contributed by atoms with E-state index in [1.165, 1.54) is 38.2 Å². The van der Waals surface area contributed by atoms with Crippen molar-refractivity contribution < 1.29 is 45.6 Å². The molecule has 1 aliphatic rings. The maximum absolute atomic E-state index is 15.4. The number of anilines is 1. The van der Waals surface area contributed by atoms with Gasteiger partial charge in [0.1, 0.15) is 47.4 Å². The van der Waals surface area contributed by atoms with E-state index in [1.54, 1.807) is 0 Å². The van der Waals surface area contributed by atoms with E-state index in [9.17, 15) is 41.6 Å². The molecule has 0 saturated carbocycles. The third-order valence-electron chi connectivity index (χ3n) is 9.52. The molecular weight excluding hydrogens is 818 g/mol. The van der Waals surface area contributed by atoms with Gasteiger partial charge in [0.05, 0.1) is 50.3 Å². The van der Waals surface area contributed by atoms with Crippen LogP contribution in [-0.4, -0.2) is 64.2 Å². The molecule has 306 valence electrons. The lowest BCUT2D eigenvalue weighted by Crippen LogP contribution is -2.40. The monoisotopic (exact) mass is 850 g/mol. The van der Waals surface area contributed by atoms with Crippen molar-refractivity contribution in [2.75, 3.05) is 18.6 Å². The third kappa shape index (κ3) is 7.70. The maximum atomic E-state index is 15.4. The van der Waals surface area contributed by atoms with E-state index in [0.29, 0.717) is 15.1 Å². The summed E-state index contributed by atoms with van der Waals surface area (Å²) >= 11 is 4.49. The van der Waals surface area contributed by atoms with Crippen molar-refractivity contribution in [1.29, 1.82) is 5.41 Å². The molecule has 5 aromatic rings. The molecule has 0 saturated heterocycles. The lowest BCUT2D eigenvalue weighted by Gasteiger charge is -2.27. The lowest BCUT2D eigenvalue weighted by atomic mass is 10.0. The number of nitrogens with zero attached hydrogens (tertiary/aromatic N) is 5. The molecule has 1 aliphatic carbocycles. The molecule has 0 spiro atoms. The summed E-state index contributed by atoms with van der Waals surface area (Å²) in [6, 6.07) is 6.97. The van der Waals surface area contributed by atoms with Crippen LogP contribution in [0.15, 0.2) is 53.3 Å². The molecule has 0 radical (unpaired) electrons. The Hall–Kier alpha value is -5.60. The maximum Gasteiger partial charge on any atom is 0.292 e. The Kier molecular flexibility index (Phi) is 11.6. The zero-order chi connectivity index (χ0) is 42.5. The molecule has 0 aliphatic heterocycles. The van der Waals surface area contributed by atoms with Gasteiger partial charge in [0.15, 0.2) is 5.84 Å². The Labute approximate surface area is 333 Å². The van der Waals surface area contributed by atoms with Gasteiger partial charge in [-0.3, -0.25) is 29.0 Å². The number of hydrogen-bond donors (Lipinski definition) is 4. The van der Waals surface area contributed by atoms with Gasteiger partial charge in [-0.15, -0.1) is 4.31 Å². The van der Waals surface area contributed by atoms with Crippen LogP contribution in [0.3, 0.4) is 0 Å². The number of carbonyl (C=O) groups is 2. The zero-order valence-corrected chi connectivity index (χ0v) is 32.4. The lowest BCUT2D eigenvalue weighted by molar-refractivity contribution is -0.123. The van der Waals surface area contributed by atoms with Gasteiger partial charge < -0.3 is 20.3 Å². The van der Waals surface area contributed by atoms with Crippen LogP contribution >= 0.6 is 11.6 Å². The highest BCUT2D eigenvalue weighted by Crippen LogP contribution is 2.48. The normalized spacial score (nSPS) is 15.6. The third-order valence-corrected chi connectivity index (χ3v) is 10.8. The van der Waals surface area contributed by atoms with Crippen molar-refractivity contribution in [1.82, 2.24) is 29.0 Å². The van der Waals surface area contributed by atoms with Crippen LogP contribution in [0.2, 0.25) is 5.02 Å². The first-order chi connectivity index (χ1) is 27.2. The van der Waals surface area contributed by atoms with Crippen LogP contribution in [0.5, 0.6) is 5.75 Å². The summed E-state index contributed by atoms with van der Waals surface area (Å²) < 4.78 is 102. The van der Waals surface area contributed by atoms with Gasteiger partial charge in [0, 0.05) is 44.0 Å². The summed E-state index contributed by atoms with van der Waals surface area (Å²) in [6.45, 7) is 1.19. The highest BCUT2D eigenvalue weighted by molar-refractivity contribution is 7.89. The molecule has 0 bridgehead atoms. The molecule has 3 aromatic carbocycles. The number of nitrogens with one attached hydrogen (secondary N) is 3. The van der Waals surface area contributed by atoms with E-state index in [1.807, 2.05) is 0 Å². The number of hydrogen-bond acceptors (Lipinski definition) is 9. The molecule has 0 fully saturated rings. The molecule has 21 heteroatoms. The van der Waals surface area contributed by atoms with Gasteiger partial charge in [-0.2, -0.15) is 13.9 Å². The number of rotatable bonds is 11. The Morgan fingerprint density at radius 1 is 1.16 bits per heavy atom. The van der Waals surface area contributed by atoms with Gasteiger partial charge in [-0.1, -0.05) is 18.5 Å². The second-order valence-corrected chi connectivity index (χ2v) is 15.1. The number of alkyl halides is 4. The van der Waals surface area contributed by atoms with Gasteiger partial charge >= 0.3 is 0 Å². The second kappa shape index (κ2) is 16.0. The number of aromatic nitrogens is 4. The number of aromatic hydroxyl groups is 1. The summed E-state index contributed by atoms with van der Waals surface area (Å²) in [5, 5.41) is 28.0. The number of halogens is 7. The second-order valence-electron chi connectivity index (χ2n) is 13.5. The minimum atomic E-state index is -3.64. The number of amidine groups is 1. The van der Waals surface area contributed by atoms with E-state index in [4.69, 9.17) is 17.0 Å². The SMILES string of the molecule is CNc1c(-n2c(C(Cc3cc(F)cc(F)c3)NC(=O)Cn3nc(C(F)F)c4c3C(F)(F)C(C)C4)nc3cc(O)ccc3c2=O)ccc(Cl)c1C(=N)N(C(C)=O)[S+](C)[O-]. The highest BCUT2D eigenvalue weighted by Gasteiger charge is 2.51. The molecule has 2 amide bonds. The van der Waals surface area contributed by atoms with Gasteiger partial charge in [0.2, 0.25) is 5.91 Å². The first-order valence-electron chi connectivity index (χ1n) is 17.2. The quantitative estimate of drug-likeness (QED) is 0.0537.